The van der Waals surface area contributed by atoms with Gasteiger partial charge in [-0.15, -0.1) is 0 Å². The summed E-state index contributed by atoms with van der Waals surface area (Å²) in [6, 6.07) is 0. The van der Waals surface area contributed by atoms with Crippen molar-refractivity contribution in [3.05, 3.63) is 0 Å². The average Bonchev–Trinajstić information content (AvgIpc) is 2.43. The number of rotatable bonds is 5. The Kier molecular flexibility index (Phi) is 7.61. The summed E-state index contributed by atoms with van der Waals surface area (Å²) in [5, 5.41) is 2.39. The number of aromatic nitrogens is 6. The second-order valence-electron chi connectivity index (χ2n) is 4.28. The molecule has 2 aromatic heterocycles. The Labute approximate surface area is 147 Å². The van der Waals surface area contributed by atoms with Crippen molar-refractivity contribution in [2.24, 2.45) is 0 Å². The number of nitrogens with two attached hydrogens (primary N) is 5. The molecule has 13 N–H and O–H groups in total. The normalized spacial score (nSPS) is 12.4. The topological polar surface area (TPSA) is 294 Å². The number of nitrogens with zero attached hydrogens (tertiary/aromatic N) is 6. The van der Waals surface area contributed by atoms with Gasteiger partial charge in [0.1, 0.15) is 0 Å². The Morgan fingerprint density at radius 3 is 1.42 bits per heavy atom. The van der Waals surface area contributed by atoms with Gasteiger partial charge in [-0.2, -0.15) is 39.7 Å². The van der Waals surface area contributed by atoms with Crippen molar-refractivity contribution in [1.29, 1.82) is 0 Å². The summed E-state index contributed by atoms with van der Waals surface area (Å²) in [5.41, 5.74) is 26.0. The molecule has 0 aliphatic heterocycles. The number of hydrogen-bond acceptors (Lipinski definition) is 14. The molecule has 3 atom stereocenters. The van der Waals surface area contributed by atoms with Crippen molar-refractivity contribution in [2.75, 3.05) is 40.1 Å². The molecule has 0 aliphatic rings. The Balaban J connectivity index is 0.000000314. The smallest absolute Gasteiger partial charge is 0.368 e. The van der Waals surface area contributed by atoms with Gasteiger partial charge in [0.25, 0.3) is 0 Å². The molecule has 0 aliphatic carbocycles. The van der Waals surface area contributed by atoms with Crippen LogP contribution in [0.25, 0.3) is 0 Å². The zero-order valence-electron chi connectivity index (χ0n) is 13.0. The maximum atomic E-state index is 10.9. The van der Waals surface area contributed by atoms with E-state index in [9.17, 15) is 9.13 Å². The lowest BCUT2D eigenvalue weighted by Crippen LogP contribution is -2.21. The lowest BCUT2D eigenvalue weighted by Gasteiger charge is -2.03. The first-order valence-electron chi connectivity index (χ1n) is 6.41. The van der Waals surface area contributed by atoms with E-state index in [0.717, 1.165) is 0 Å². The number of hydrogen-bond donors (Lipinski definition) is 8. The van der Waals surface area contributed by atoms with Crippen LogP contribution in [0.15, 0.2) is 0 Å². The lowest BCUT2D eigenvalue weighted by atomic mass is 10.7. The van der Waals surface area contributed by atoms with E-state index in [1.807, 2.05) is 0 Å². The van der Waals surface area contributed by atoms with Crippen LogP contribution in [-0.4, -0.2) is 51.6 Å². The summed E-state index contributed by atoms with van der Waals surface area (Å²) in [7, 11) is -5.30. The largest absolute Gasteiger partial charge is 0.535 e. The molecule has 0 radical (unpaired) electrons. The molecule has 0 bridgehead atoms. The maximum Gasteiger partial charge on any atom is 0.535 e. The number of anilines is 6. The minimum absolute atomic E-state index is 0.0417. The minimum Gasteiger partial charge on any atom is -0.368 e. The van der Waals surface area contributed by atoms with Crippen molar-refractivity contribution in [1.82, 2.24) is 29.9 Å². The Morgan fingerprint density at radius 1 is 0.769 bits per heavy atom. The molecule has 26 heavy (non-hydrogen) atoms. The highest BCUT2D eigenvalue weighted by atomic mass is 31.1. The Hall–Kier alpha value is -3.06. The highest BCUT2D eigenvalue weighted by Gasteiger charge is 2.38. The molecule has 2 rings (SSSR count). The molecule has 140 valence electrons. The average molecular weight is 406 g/mol. The second-order valence-corrected chi connectivity index (χ2v) is 6.58. The molecule has 0 saturated carbocycles. The van der Waals surface area contributed by atoms with Crippen LogP contribution >= 0.6 is 16.1 Å². The third-order valence-electron chi connectivity index (χ3n) is 2.25. The minimum atomic E-state index is -2.73. The van der Waals surface area contributed by atoms with E-state index >= 15 is 0 Å². The first-order valence-corrected chi connectivity index (χ1v) is 9.09. The van der Waals surface area contributed by atoms with Crippen LogP contribution in [0.3, 0.4) is 0 Å². The van der Waals surface area contributed by atoms with Gasteiger partial charge in [0.05, 0.1) is 0 Å². The van der Waals surface area contributed by atoms with Gasteiger partial charge >= 0.3 is 21.8 Å². The van der Waals surface area contributed by atoms with Gasteiger partial charge in [-0.25, -0.2) is 0 Å². The van der Waals surface area contributed by atoms with E-state index in [2.05, 4.69) is 35.2 Å². The zero-order chi connectivity index (χ0) is 19.9. The van der Waals surface area contributed by atoms with Gasteiger partial charge in [0.15, 0.2) is 0 Å². The summed E-state index contributed by atoms with van der Waals surface area (Å²) in [6.45, 7) is 0. The van der Waals surface area contributed by atoms with Crippen LogP contribution in [0.2, 0.25) is 0 Å². The summed E-state index contributed by atoms with van der Waals surface area (Å²) in [5.74, 6) is -1.50. The van der Waals surface area contributed by atoms with E-state index in [-0.39, 0.29) is 35.7 Å². The standard InChI is InChI=1S/C5H8N6O4P2.C3H6N6/c6-3-9-4(7)11-5(10-3)8-2(17(14)15)1-16(12)13;4-1-7-2(5)9-3(6)8-1/h2H,1H2,(H5-2,6,7,8,9,10,11,12,13,14,15);(H6,4,5,6,7,8,9)/p+2. The van der Waals surface area contributed by atoms with Crippen molar-refractivity contribution >= 4 is 51.7 Å². The zero-order valence-corrected chi connectivity index (χ0v) is 14.7. The van der Waals surface area contributed by atoms with Gasteiger partial charge in [-0.05, 0) is 9.13 Å². The maximum absolute atomic E-state index is 10.9. The summed E-state index contributed by atoms with van der Waals surface area (Å²) in [4.78, 5) is 38.8. The second kappa shape index (κ2) is 9.43. The van der Waals surface area contributed by atoms with Crippen molar-refractivity contribution in [2.45, 2.75) is 5.78 Å². The van der Waals surface area contributed by atoms with Crippen LogP contribution in [0.4, 0.5) is 35.7 Å². The van der Waals surface area contributed by atoms with Crippen LogP contribution in [-0.2, 0) is 9.13 Å². The summed E-state index contributed by atoms with van der Waals surface area (Å²) >= 11 is 0. The van der Waals surface area contributed by atoms with E-state index in [0.29, 0.717) is 0 Å². The molecule has 2 aromatic rings. The molecule has 0 spiro atoms. The summed E-state index contributed by atoms with van der Waals surface area (Å²) in [6.07, 6.45) is -0.424. The first-order chi connectivity index (χ1) is 12.1. The van der Waals surface area contributed by atoms with Gasteiger partial charge in [0.2, 0.25) is 41.9 Å². The van der Waals surface area contributed by atoms with E-state index in [1.54, 1.807) is 0 Å². The molecular formula is C8H16N12O4P2+2. The van der Waals surface area contributed by atoms with E-state index in [4.69, 9.17) is 38.5 Å². The van der Waals surface area contributed by atoms with Gasteiger partial charge in [-0.3, -0.25) is 0 Å². The predicted molar refractivity (Wildman–Crippen MR) is 93.6 cm³/mol. The molecule has 0 amide bonds. The highest BCUT2D eigenvalue weighted by molar-refractivity contribution is 7.43. The van der Waals surface area contributed by atoms with E-state index in [1.165, 1.54) is 0 Å². The van der Waals surface area contributed by atoms with Crippen LogP contribution in [0, 0.1) is 0 Å². The quantitative estimate of drug-likeness (QED) is 0.246. The van der Waals surface area contributed by atoms with Crippen LogP contribution in [0.5, 0.6) is 0 Å². The first kappa shape index (κ1) is 21.0. The molecule has 18 heteroatoms. The molecule has 2 heterocycles. The van der Waals surface area contributed by atoms with Gasteiger partial charge in [0, 0.05) is 0 Å². The molecular weight excluding hydrogens is 390 g/mol. The lowest BCUT2D eigenvalue weighted by molar-refractivity contribution is 0.485. The van der Waals surface area contributed by atoms with Crippen molar-refractivity contribution < 1.29 is 18.9 Å². The third kappa shape index (κ3) is 7.67. The Morgan fingerprint density at radius 2 is 1.12 bits per heavy atom. The fraction of sp³-hybridized carbons (Fsp3) is 0.250. The van der Waals surface area contributed by atoms with Crippen LogP contribution in [0.1, 0.15) is 0 Å². The van der Waals surface area contributed by atoms with E-state index < -0.39 is 28.0 Å². The van der Waals surface area contributed by atoms with Crippen molar-refractivity contribution in [3.8, 4) is 0 Å². The third-order valence-corrected chi connectivity index (χ3v) is 4.06. The van der Waals surface area contributed by atoms with Crippen LogP contribution < -0.4 is 34.0 Å². The summed E-state index contributed by atoms with van der Waals surface area (Å²) < 4.78 is 21.5. The van der Waals surface area contributed by atoms with Gasteiger partial charge in [-0.1, -0.05) is 0 Å². The molecule has 3 unspecified atom stereocenters. The monoisotopic (exact) mass is 406 g/mol. The molecule has 0 saturated heterocycles. The molecule has 0 aromatic carbocycles. The molecule has 0 fully saturated rings. The number of nitrogens with one attached hydrogen (secondary N) is 1. The predicted octanol–water partition coefficient (Wildman–Crippen LogP) is -2.14. The fourth-order valence-electron chi connectivity index (χ4n) is 1.37. The van der Waals surface area contributed by atoms with Gasteiger partial charge < -0.3 is 34.0 Å². The highest BCUT2D eigenvalue weighted by Crippen LogP contribution is 2.30. The fourth-order valence-corrected chi connectivity index (χ4v) is 2.96. The molecule has 16 nitrogen and oxygen atoms in total. The number of nitrogen functional groups attached to an aromatic ring is 5. The SMILES string of the molecule is Nc1nc(N)nc(N)n1.Nc1nc(N)nc(NC(C[P+](=O)O)[P+](=O)O)n1. The van der Waals surface area contributed by atoms with Crippen molar-refractivity contribution in [3.63, 3.8) is 0 Å². The Bertz CT molecular complexity index is 736.